The molecule has 174 valence electrons. The molecule has 7 heteroatoms. The van der Waals surface area contributed by atoms with Crippen molar-refractivity contribution in [3.05, 3.63) is 87.4 Å². The van der Waals surface area contributed by atoms with E-state index in [9.17, 15) is 4.79 Å². The molecule has 3 aromatic carbocycles. The number of halogens is 1. The largest absolute Gasteiger partial charge is 0.467 e. The smallest absolute Gasteiger partial charge is 0.236 e. The monoisotopic (exact) mass is 535 g/mol. The Hall–Kier alpha value is -2.90. The highest BCUT2D eigenvalue weighted by Crippen LogP contribution is 2.50. The topological polar surface area (TPSA) is 53.6 Å². The molecule has 2 bridgehead atoms. The molecule has 3 atom stereocenters. The Morgan fingerprint density at radius 2 is 1.82 bits per heavy atom. The second kappa shape index (κ2) is 8.40. The molecule has 5 nitrogen and oxygen atoms in total. The number of nitrogens with zero attached hydrogens (tertiary/aromatic N) is 1. The van der Waals surface area contributed by atoms with Crippen LogP contribution in [0.5, 0.6) is 5.75 Å². The molecule has 2 heterocycles. The zero-order valence-corrected chi connectivity index (χ0v) is 21.9. The lowest BCUT2D eigenvalue weighted by Crippen LogP contribution is -2.72. The lowest BCUT2D eigenvalue weighted by molar-refractivity contribution is -0.130. The minimum absolute atomic E-state index is 0.124. The summed E-state index contributed by atoms with van der Waals surface area (Å²) in [6, 6.07) is 19.6. The van der Waals surface area contributed by atoms with Crippen LogP contribution in [0.25, 0.3) is 0 Å². The summed E-state index contributed by atoms with van der Waals surface area (Å²) in [5.41, 5.74) is 4.80. The molecule has 0 unspecified atom stereocenters. The second-order valence-electron chi connectivity index (χ2n) is 9.23. The zero-order chi connectivity index (χ0) is 24.2. The number of ether oxygens (including phenoxy) is 1. The molecule has 1 fully saturated rings. The molecule has 0 radical (unpaired) electrons. The van der Waals surface area contributed by atoms with E-state index in [0.29, 0.717) is 5.11 Å². The van der Waals surface area contributed by atoms with Crippen LogP contribution in [0.4, 0.5) is 11.4 Å². The van der Waals surface area contributed by atoms with Crippen LogP contribution in [0.2, 0.25) is 0 Å². The lowest BCUT2D eigenvalue weighted by Gasteiger charge is -2.56. The number of hydrogen-bond donors (Lipinski definition) is 2. The number of amides is 1. The van der Waals surface area contributed by atoms with Crippen molar-refractivity contribution in [2.45, 2.75) is 39.5 Å². The van der Waals surface area contributed by atoms with E-state index in [1.807, 2.05) is 81.1 Å². The van der Waals surface area contributed by atoms with Gasteiger partial charge in [0.25, 0.3) is 0 Å². The van der Waals surface area contributed by atoms with E-state index in [2.05, 4.69) is 38.7 Å². The van der Waals surface area contributed by atoms with Crippen molar-refractivity contribution >= 4 is 50.5 Å². The number of carbonyl (C=O) groups is 1. The van der Waals surface area contributed by atoms with E-state index >= 15 is 0 Å². The van der Waals surface area contributed by atoms with Crippen LogP contribution in [0, 0.1) is 26.7 Å². The first-order valence-corrected chi connectivity index (χ1v) is 12.4. The summed E-state index contributed by atoms with van der Waals surface area (Å²) >= 11 is 9.39. The molecule has 0 aromatic heterocycles. The molecule has 3 aromatic rings. The van der Waals surface area contributed by atoms with E-state index in [1.165, 1.54) is 0 Å². The Morgan fingerprint density at radius 1 is 1.09 bits per heavy atom. The minimum atomic E-state index is -1.04. The Labute approximate surface area is 213 Å². The Bertz CT molecular complexity index is 1330. The van der Waals surface area contributed by atoms with Crippen molar-refractivity contribution < 1.29 is 9.53 Å². The molecule has 0 saturated carbocycles. The summed E-state index contributed by atoms with van der Waals surface area (Å²) in [5, 5.41) is 7.15. The first kappa shape index (κ1) is 22.9. The highest BCUT2D eigenvalue weighted by Gasteiger charge is 2.59. The fourth-order valence-corrected chi connectivity index (χ4v) is 5.87. The van der Waals surface area contributed by atoms with Crippen LogP contribution in [-0.2, 0) is 4.79 Å². The van der Waals surface area contributed by atoms with E-state index in [4.69, 9.17) is 17.0 Å². The number of rotatable bonds is 3. The maximum absolute atomic E-state index is 14.0. The molecule has 34 heavy (non-hydrogen) atoms. The standard InChI is InChI=1S/C27H26BrN3O2S/c1-15-8-10-21(17(3)12-15)29-25(32)23-24-20-13-16(2)9-11-22(20)33-27(23,4)31(26(34)30-24)19-7-5-6-18(28)14-19/h5-14,23-24H,1-4H3,(H,29,32)(H,30,34)/t23-,24+,27+/m1/s1. The summed E-state index contributed by atoms with van der Waals surface area (Å²) in [4.78, 5) is 15.9. The van der Waals surface area contributed by atoms with Gasteiger partial charge in [-0.3, -0.25) is 9.69 Å². The number of hydrogen-bond acceptors (Lipinski definition) is 3. The molecular formula is C27H26BrN3O2S. The van der Waals surface area contributed by atoms with Gasteiger partial charge in [0.1, 0.15) is 11.7 Å². The van der Waals surface area contributed by atoms with Crippen LogP contribution in [-0.4, -0.2) is 16.7 Å². The van der Waals surface area contributed by atoms with Crippen LogP contribution >= 0.6 is 28.1 Å². The quantitative estimate of drug-likeness (QED) is 0.392. The van der Waals surface area contributed by atoms with Crippen LogP contribution in [0.1, 0.15) is 35.2 Å². The van der Waals surface area contributed by atoms with Crippen LogP contribution in [0.15, 0.2) is 65.1 Å². The maximum atomic E-state index is 14.0. The summed E-state index contributed by atoms with van der Waals surface area (Å²) in [6.07, 6.45) is 0. The van der Waals surface area contributed by atoms with Gasteiger partial charge in [-0.25, -0.2) is 0 Å². The highest BCUT2D eigenvalue weighted by molar-refractivity contribution is 9.10. The number of fused-ring (bicyclic) bond motifs is 4. The Balaban J connectivity index is 1.63. The fraction of sp³-hybridized carbons (Fsp3) is 0.259. The van der Waals surface area contributed by atoms with Gasteiger partial charge in [0, 0.05) is 21.4 Å². The molecule has 1 saturated heterocycles. The van der Waals surface area contributed by atoms with Gasteiger partial charge in [-0.15, -0.1) is 0 Å². The average Bonchev–Trinajstić information content (AvgIpc) is 2.76. The predicted molar refractivity (Wildman–Crippen MR) is 143 cm³/mol. The van der Waals surface area contributed by atoms with Crippen LogP contribution < -0.4 is 20.3 Å². The predicted octanol–water partition coefficient (Wildman–Crippen LogP) is 6.17. The Kier molecular flexibility index (Phi) is 5.65. The molecule has 2 aliphatic heterocycles. The number of anilines is 2. The maximum Gasteiger partial charge on any atom is 0.236 e. The number of carbonyl (C=O) groups excluding carboxylic acids is 1. The normalized spacial score (nSPS) is 23.0. The summed E-state index contributed by atoms with van der Waals surface area (Å²) < 4.78 is 7.58. The first-order valence-electron chi connectivity index (χ1n) is 11.2. The Morgan fingerprint density at radius 3 is 2.56 bits per heavy atom. The van der Waals surface area contributed by atoms with E-state index in [0.717, 1.165) is 43.9 Å². The fourth-order valence-electron chi connectivity index (χ4n) is 5.07. The molecule has 0 spiro atoms. The van der Waals surface area contributed by atoms with Crippen LogP contribution in [0.3, 0.4) is 0 Å². The van der Waals surface area contributed by atoms with Crippen molar-refractivity contribution in [1.82, 2.24) is 5.32 Å². The molecule has 0 aliphatic carbocycles. The summed E-state index contributed by atoms with van der Waals surface area (Å²) in [7, 11) is 0. The number of thiocarbonyl (C=S) groups is 1. The van der Waals surface area contributed by atoms with Gasteiger partial charge >= 0.3 is 0 Å². The number of benzene rings is 3. The van der Waals surface area contributed by atoms with Crippen molar-refractivity contribution in [1.29, 1.82) is 0 Å². The summed E-state index contributed by atoms with van der Waals surface area (Å²) in [6.45, 7) is 8.03. The third kappa shape index (κ3) is 3.77. The minimum Gasteiger partial charge on any atom is -0.467 e. The highest BCUT2D eigenvalue weighted by atomic mass is 79.9. The van der Waals surface area contributed by atoms with Gasteiger partial charge in [-0.2, -0.15) is 0 Å². The van der Waals surface area contributed by atoms with Gasteiger partial charge in [-0.05, 0) is 75.8 Å². The first-order chi connectivity index (χ1) is 16.2. The van der Waals surface area contributed by atoms with Gasteiger partial charge in [0.15, 0.2) is 10.8 Å². The molecule has 2 N–H and O–H groups in total. The third-order valence-corrected chi connectivity index (χ3v) is 7.44. The van der Waals surface area contributed by atoms with Crippen molar-refractivity contribution in [2.75, 3.05) is 10.2 Å². The van der Waals surface area contributed by atoms with Crippen molar-refractivity contribution in [3.8, 4) is 5.75 Å². The zero-order valence-electron chi connectivity index (χ0n) is 19.5. The van der Waals surface area contributed by atoms with Gasteiger partial charge in [0.05, 0.1) is 6.04 Å². The van der Waals surface area contributed by atoms with Gasteiger partial charge < -0.3 is 15.4 Å². The summed E-state index contributed by atoms with van der Waals surface area (Å²) in [5.74, 6) is 0.0541. The van der Waals surface area contributed by atoms with Crippen molar-refractivity contribution in [2.24, 2.45) is 5.92 Å². The second-order valence-corrected chi connectivity index (χ2v) is 10.5. The lowest BCUT2D eigenvalue weighted by atomic mass is 9.78. The number of aryl methyl sites for hydroxylation is 3. The molecule has 1 amide bonds. The van der Waals surface area contributed by atoms with Gasteiger partial charge in [0.2, 0.25) is 5.91 Å². The van der Waals surface area contributed by atoms with Crippen molar-refractivity contribution in [3.63, 3.8) is 0 Å². The third-order valence-electron chi connectivity index (χ3n) is 6.64. The number of nitrogens with one attached hydrogen (secondary N) is 2. The molecule has 5 rings (SSSR count). The molecular weight excluding hydrogens is 510 g/mol. The molecule has 2 aliphatic rings. The van der Waals surface area contributed by atoms with Gasteiger partial charge in [-0.1, -0.05) is 57.4 Å². The van der Waals surface area contributed by atoms with E-state index in [-0.39, 0.29) is 11.9 Å². The van der Waals surface area contributed by atoms with E-state index in [1.54, 1.807) is 0 Å². The van der Waals surface area contributed by atoms with E-state index < -0.39 is 11.6 Å². The SMILES string of the molecule is Cc1ccc(NC(=O)[C@H]2[C@H]3NC(=S)N(c4cccc(Br)c4)[C@@]2(C)Oc2ccc(C)cc23)c(C)c1. The average molecular weight is 536 g/mol.